The minimum atomic E-state index is -1.10. The first-order valence-electron chi connectivity index (χ1n) is 4.55. The number of aromatic amines is 1. The van der Waals surface area contributed by atoms with Gasteiger partial charge < -0.3 is 15.8 Å². The first-order valence-corrected chi connectivity index (χ1v) is 4.55. The van der Waals surface area contributed by atoms with Gasteiger partial charge in [0, 0.05) is 5.69 Å². The Bertz CT molecular complexity index is 531. The van der Waals surface area contributed by atoms with Crippen molar-refractivity contribution in [2.75, 3.05) is 5.73 Å². The highest BCUT2D eigenvalue weighted by Gasteiger charge is 2.12. The van der Waals surface area contributed by atoms with E-state index in [1.165, 1.54) is 18.2 Å². The minimum Gasteiger partial charge on any atom is -0.478 e. The monoisotopic (exact) mass is 220 g/mol. The van der Waals surface area contributed by atoms with Crippen LogP contribution in [0, 0.1) is 5.82 Å². The summed E-state index contributed by atoms with van der Waals surface area (Å²) in [6, 6.07) is 7.11. The second kappa shape index (κ2) is 3.69. The van der Waals surface area contributed by atoms with Crippen molar-refractivity contribution in [2.45, 2.75) is 0 Å². The molecule has 4 nitrogen and oxygen atoms in total. The summed E-state index contributed by atoms with van der Waals surface area (Å²) in [6.45, 7) is 0. The number of hydrogen-bond donors (Lipinski definition) is 3. The van der Waals surface area contributed by atoms with Crippen LogP contribution in [0.15, 0.2) is 30.3 Å². The number of carbonyl (C=O) groups is 1. The summed E-state index contributed by atoms with van der Waals surface area (Å²) in [6.07, 6.45) is 0. The number of carboxylic acids is 1. The van der Waals surface area contributed by atoms with Gasteiger partial charge in [-0.3, -0.25) is 0 Å². The largest absolute Gasteiger partial charge is 0.478 e. The van der Waals surface area contributed by atoms with Gasteiger partial charge in [0.05, 0.1) is 0 Å². The van der Waals surface area contributed by atoms with Crippen LogP contribution in [0.1, 0.15) is 10.4 Å². The molecule has 0 aliphatic carbocycles. The summed E-state index contributed by atoms with van der Waals surface area (Å²) in [7, 11) is 0. The van der Waals surface area contributed by atoms with E-state index in [1.54, 1.807) is 12.1 Å². The van der Waals surface area contributed by atoms with Crippen molar-refractivity contribution in [1.82, 2.24) is 4.98 Å². The Morgan fingerprint density at radius 3 is 2.44 bits per heavy atom. The maximum Gasteiger partial charge on any atom is 0.339 e. The lowest BCUT2D eigenvalue weighted by atomic mass is 10.1. The Morgan fingerprint density at radius 2 is 1.94 bits per heavy atom. The van der Waals surface area contributed by atoms with Crippen LogP contribution in [-0.2, 0) is 0 Å². The first-order chi connectivity index (χ1) is 7.58. The molecule has 5 heteroatoms. The van der Waals surface area contributed by atoms with Gasteiger partial charge in [-0.1, -0.05) is 0 Å². The molecule has 1 heterocycles. The Kier molecular flexibility index (Phi) is 2.36. The molecule has 4 N–H and O–H groups in total. The molecule has 0 saturated carbocycles. The molecule has 0 aliphatic heterocycles. The van der Waals surface area contributed by atoms with Gasteiger partial charge in [0.1, 0.15) is 17.2 Å². The number of aromatic carboxylic acids is 1. The lowest BCUT2D eigenvalue weighted by Gasteiger charge is -1.96. The zero-order chi connectivity index (χ0) is 11.7. The van der Waals surface area contributed by atoms with Crippen molar-refractivity contribution in [1.29, 1.82) is 0 Å². The molecular formula is C11H9FN2O2. The fourth-order valence-electron chi connectivity index (χ4n) is 1.43. The maximum absolute atomic E-state index is 12.7. The van der Waals surface area contributed by atoms with E-state index in [0.717, 1.165) is 0 Å². The van der Waals surface area contributed by atoms with Crippen LogP contribution in [0.5, 0.6) is 0 Å². The number of aromatic nitrogens is 1. The third kappa shape index (κ3) is 1.75. The number of rotatable bonds is 2. The first kappa shape index (κ1) is 10.2. The van der Waals surface area contributed by atoms with Crippen LogP contribution in [0.4, 0.5) is 10.2 Å². The number of anilines is 1. The van der Waals surface area contributed by atoms with E-state index < -0.39 is 5.97 Å². The summed E-state index contributed by atoms with van der Waals surface area (Å²) >= 11 is 0. The molecule has 16 heavy (non-hydrogen) atoms. The fourth-order valence-corrected chi connectivity index (χ4v) is 1.43. The van der Waals surface area contributed by atoms with Crippen LogP contribution in [0.3, 0.4) is 0 Å². The summed E-state index contributed by atoms with van der Waals surface area (Å²) in [5.74, 6) is -1.35. The van der Waals surface area contributed by atoms with Gasteiger partial charge in [0.2, 0.25) is 0 Å². The quantitative estimate of drug-likeness (QED) is 0.725. The molecule has 0 bridgehead atoms. The predicted molar refractivity (Wildman–Crippen MR) is 57.6 cm³/mol. The van der Waals surface area contributed by atoms with Crippen LogP contribution in [0.25, 0.3) is 11.3 Å². The molecule has 1 aromatic heterocycles. The average molecular weight is 220 g/mol. The lowest BCUT2D eigenvalue weighted by Crippen LogP contribution is -1.98. The molecule has 0 saturated heterocycles. The van der Waals surface area contributed by atoms with Gasteiger partial charge in [0.25, 0.3) is 0 Å². The molecule has 0 fully saturated rings. The summed E-state index contributed by atoms with van der Waals surface area (Å²) in [5, 5.41) is 8.81. The molecule has 0 aliphatic rings. The van der Waals surface area contributed by atoms with Crippen LogP contribution < -0.4 is 5.73 Å². The molecule has 1 aromatic carbocycles. The minimum absolute atomic E-state index is 0.0133. The molecule has 0 spiro atoms. The number of halogens is 1. The van der Waals surface area contributed by atoms with Crippen LogP contribution >= 0.6 is 0 Å². The zero-order valence-corrected chi connectivity index (χ0v) is 8.20. The van der Waals surface area contributed by atoms with E-state index in [4.69, 9.17) is 10.8 Å². The van der Waals surface area contributed by atoms with E-state index in [-0.39, 0.29) is 17.2 Å². The number of nitrogens with two attached hydrogens (primary N) is 1. The lowest BCUT2D eigenvalue weighted by molar-refractivity contribution is 0.0698. The van der Waals surface area contributed by atoms with Crippen molar-refractivity contribution in [3.05, 3.63) is 41.7 Å². The van der Waals surface area contributed by atoms with Gasteiger partial charge in [-0.05, 0) is 35.9 Å². The van der Waals surface area contributed by atoms with Crippen molar-refractivity contribution < 1.29 is 14.3 Å². The van der Waals surface area contributed by atoms with Gasteiger partial charge in [0.15, 0.2) is 0 Å². The van der Waals surface area contributed by atoms with Crippen molar-refractivity contribution >= 4 is 11.8 Å². The van der Waals surface area contributed by atoms with Crippen LogP contribution in [0.2, 0.25) is 0 Å². The standard InChI is InChI=1S/C11H9FN2O2/c12-7-3-1-6(2-4-7)9-5-8(11(15)16)10(13)14-9/h1-5,14H,13H2,(H,15,16). The normalized spacial score (nSPS) is 10.3. The predicted octanol–water partition coefficient (Wildman–Crippen LogP) is 2.10. The number of hydrogen-bond acceptors (Lipinski definition) is 2. The Hall–Kier alpha value is -2.30. The van der Waals surface area contributed by atoms with Gasteiger partial charge in [-0.2, -0.15) is 0 Å². The Balaban J connectivity index is 2.45. The highest BCUT2D eigenvalue weighted by atomic mass is 19.1. The molecular weight excluding hydrogens is 211 g/mol. The van der Waals surface area contributed by atoms with Gasteiger partial charge in [-0.25, -0.2) is 9.18 Å². The smallest absolute Gasteiger partial charge is 0.339 e. The summed E-state index contributed by atoms with van der Waals surface area (Å²) in [5.41, 5.74) is 6.74. The molecule has 2 rings (SSSR count). The molecule has 0 unspecified atom stereocenters. The molecule has 82 valence electrons. The Morgan fingerprint density at radius 1 is 1.31 bits per heavy atom. The third-order valence-corrected chi connectivity index (χ3v) is 2.23. The van der Waals surface area contributed by atoms with Crippen molar-refractivity contribution in [3.63, 3.8) is 0 Å². The average Bonchev–Trinajstić information content (AvgIpc) is 2.61. The van der Waals surface area contributed by atoms with Crippen molar-refractivity contribution in [3.8, 4) is 11.3 Å². The van der Waals surface area contributed by atoms with Gasteiger partial charge in [-0.15, -0.1) is 0 Å². The summed E-state index contributed by atoms with van der Waals surface area (Å²) < 4.78 is 12.7. The molecule has 2 aromatic rings. The fraction of sp³-hybridized carbons (Fsp3) is 0. The number of carboxylic acid groups (broad SMARTS) is 1. The van der Waals surface area contributed by atoms with Crippen molar-refractivity contribution in [2.24, 2.45) is 0 Å². The number of nitrogen functional groups attached to an aromatic ring is 1. The molecule has 0 amide bonds. The third-order valence-electron chi connectivity index (χ3n) is 2.23. The molecule has 0 atom stereocenters. The Labute approximate surface area is 90.5 Å². The second-order valence-electron chi connectivity index (χ2n) is 3.32. The highest BCUT2D eigenvalue weighted by Crippen LogP contribution is 2.23. The van der Waals surface area contributed by atoms with Gasteiger partial charge >= 0.3 is 5.97 Å². The van der Waals surface area contributed by atoms with E-state index in [9.17, 15) is 9.18 Å². The summed E-state index contributed by atoms with van der Waals surface area (Å²) in [4.78, 5) is 13.5. The number of H-pyrrole nitrogens is 1. The SMILES string of the molecule is Nc1[nH]c(-c2ccc(F)cc2)cc1C(=O)O. The topological polar surface area (TPSA) is 79.1 Å². The zero-order valence-electron chi connectivity index (χ0n) is 8.20. The molecule has 0 radical (unpaired) electrons. The van der Waals surface area contributed by atoms with E-state index in [1.807, 2.05) is 0 Å². The van der Waals surface area contributed by atoms with E-state index in [0.29, 0.717) is 11.3 Å². The number of nitrogens with one attached hydrogen (secondary N) is 1. The van der Waals surface area contributed by atoms with E-state index in [2.05, 4.69) is 4.98 Å². The number of benzene rings is 1. The second-order valence-corrected chi connectivity index (χ2v) is 3.32. The highest BCUT2D eigenvalue weighted by molar-refractivity contribution is 5.94. The maximum atomic E-state index is 12.7. The van der Waals surface area contributed by atoms with Crippen LogP contribution in [-0.4, -0.2) is 16.1 Å². The van der Waals surface area contributed by atoms with E-state index >= 15 is 0 Å².